The molecule has 0 spiro atoms. The van der Waals surface area contributed by atoms with Crippen molar-refractivity contribution < 1.29 is 9.59 Å². The molecule has 1 atom stereocenters. The molecule has 4 heteroatoms. The van der Waals surface area contributed by atoms with E-state index >= 15 is 0 Å². The topological polar surface area (TPSA) is 37.4 Å². The smallest absolute Gasteiger partial charge is 0.223 e. The first kappa shape index (κ1) is 13.6. The number of hydrogen-bond donors (Lipinski definition) is 0. The van der Waals surface area contributed by atoms with Gasteiger partial charge in [-0.05, 0) is 6.42 Å². The summed E-state index contributed by atoms with van der Waals surface area (Å²) in [5.74, 6) is 0.218. The summed E-state index contributed by atoms with van der Waals surface area (Å²) in [5, 5.41) is 0.307. The van der Waals surface area contributed by atoms with Crippen molar-refractivity contribution in [2.75, 3.05) is 13.1 Å². The summed E-state index contributed by atoms with van der Waals surface area (Å²) in [5.41, 5.74) is 0. The monoisotopic (exact) mass is 243 g/mol. The molecular formula is C12H21NO2S. The highest BCUT2D eigenvalue weighted by atomic mass is 32.2. The number of nitrogens with zero attached hydrogens (tertiary/aromatic N) is 1. The van der Waals surface area contributed by atoms with Crippen molar-refractivity contribution in [3.8, 4) is 0 Å². The maximum atomic E-state index is 11.6. The van der Waals surface area contributed by atoms with Crippen LogP contribution in [0.15, 0.2) is 0 Å². The van der Waals surface area contributed by atoms with E-state index in [1.165, 1.54) is 31.0 Å². The van der Waals surface area contributed by atoms with Gasteiger partial charge in [-0.3, -0.25) is 9.59 Å². The third-order valence-electron chi connectivity index (χ3n) is 2.79. The first-order chi connectivity index (χ1) is 7.63. The van der Waals surface area contributed by atoms with Gasteiger partial charge in [-0.25, -0.2) is 0 Å². The van der Waals surface area contributed by atoms with Crippen LogP contribution in [0.1, 0.15) is 46.0 Å². The molecule has 1 heterocycles. The number of carbonyl (C=O) groups excluding carboxylic acids is 2. The molecule has 1 amide bonds. The number of amides is 1. The molecule has 0 bridgehead atoms. The molecule has 16 heavy (non-hydrogen) atoms. The van der Waals surface area contributed by atoms with E-state index in [4.69, 9.17) is 0 Å². The fourth-order valence-electron chi connectivity index (χ4n) is 2.00. The predicted octanol–water partition coefficient (Wildman–Crippen LogP) is 2.45. The van der Waals surface area contributed by atoms with Crippen LogP contribution < -0.4 is 0 Å². The lowest BCUT2D eigenvalue weighted by Gasteiger charge is -2.15. The normalized spacial score (nSPS) is 20.5. The zero-order valence-corrected chi connectivity index (χ0v) is 11.0. The van der Waals surface area contributed by atoms with Crippen LogP contribution in [0.2, 0.25) is 0 Å². The fraction of sp³-hybridized carbons (Fsp3) is 0.833. The van der Waals surface area contributed by atoms with Gasteiger partial charge in [-0.2, -0.15) is 0 Å². The predicted molar refractivity (Wildman–Crippen MR) is 67.4 cm³/mol. The molecule has 1 aliphatic heterocycles. The van der Waals surface area contributed by atoms with Crippen LogP contribution >= 0.6 is 11.8 Å². The molecular weight excluding hydrogens is 222 g/mol. The van der Waals surface area contributed by atoms with Crippen LogP contribution in [0.4, 0.5) is 0 Å². The molecule has 1 saturated heterocycles. The summed E-state index contributed by atoms with van der Waals surface area (Å²) in [6.45, 7) is 5.38. The van der Waals surface area contributed by atoms with Gasteiger partial charge < -0.3 is 4.90 Å². The minimum absolute atomic E-state index is 0.116. The number of likely N-dealkylation sites (tertiary alicyclic amines) is 1. The van der Waals surface area contributed by atoms with Crippen LogP contribution in [-0.2, 0) is 9.59 Å². The highest BCUT2D eigenvalue weighted by Gasteiger charge is 2.30. The summed E-state index contributed by atoms with van der Waals surface area (Å²) in [4.78, 5) is 24.5. The summed E-state index contributed by atoms with van der Waals surface area (Å²) in [6.07, 6.45) is 5.30. The van der Waals surface area contributed by atoms with E-state index in [9.17, 15) is 9.59 Å². The molecule has 1 unspecified atom stereocenters. The van der Waals surface area contributed by atoms with Gasteiger partial charge >= 0.3 is 0 Å². The minimum atomic E-state index is 0.116. The molecule has 3 nitrogen and oxygen atoms in total. The second kappa shape index (κ2) is 6.94. The molecule has 1 fully saturated rings. The highest BCUT2D eigenvalue weighted by Crippen LogP contribution is 2.24. The second-order valence-corrected chi connectivity index (χ2v) is 5.81. The van der Waals surface area contributed by atoms with E-state index in [2.05, 4.69) is 6.92 Å². The van der Waals surface area contributed by atoms with Crippen molar-refractivity contribution in [1.82, 2.24) is 4.90 Å². The second-order valence-electron chi connectivity index (χ2n) is 4.34. The van der Waals surface area contributed by atoms with E-state index in [1.54, 1.807) is 6.92 Å². The van der Waals surface area contributed by atoms with Crippen LogP contribution in [-0.4, -0.2) is 34.3 Å². The molecule has 92 valence electrons. The largest absolute Gasteiger partial charge is 0.342 e. The maximum Gasteiger partial charge on any atom is 0.223 e. The Hall–Kier alpha value is -0.510. The van der Waals surface area contributed by atoms with Gasteiger partial charge in [-0.1, -0.05) is 37.9 Å². The van der Waals surface area contributed by atoms with E-state index in [-0.39, 0.29) is 16.3 Å². The Labute approximate surface area is 102 Å². The molecule has 0 aromatic carbocycles. The fourth-order valence-corrected chi connectivity index (χ4v) is 2.94. The van der Waals surface area contributed by atoms with Crippen molar-refractivity contribution in [3.05, 3.63) is 0 Å². The lowest BCUT2D eigenvalue weighted by molar-refractivity contribution is -0.127. The van der Waals surface area contributed by atoms with Gasteiger partial charge in [0.05, 0.1) is 0 Å². The molecule has 0 saturated carbocycles. The Morgan fingerprint density at radius 2 is 2.19 bits per heavy atom. The van der Waals surface area contributed by atoms with Crippen molar-refractivity contribution >= 4 is 22.8 Å². The van der Waals surface area contributed by atoms with Crippen molar-refractivity contribution in [1.29, 1.82) is 0 Å². The molecule has 0 aromatic heterocycles. The number of unbranched alkanes of at least 4 members (excludes halogenated alkanes) is 3. The summed E-state index contributed by atoms with van der Waals surface area (Å²) in [7, 11) is 0. The average molecular weight is 243 g/mol. The Bertz CT molecular complexity index is 255. The molecule has 0 aromatic rings. The first-order valence-electron chi connectivity index (χ1n) is 6.08. The Kier molecular flexibility index (Phi) is 5.88. The number of hydrogen-bond acceptors (Lipinski definition) is 3. The summed E-state index contributed by atoms with van der Waals surface area (Å²) >= 11 is 1.31. The molecule has 1 rings (SSSR count). The summed E-state index contributed by atoms with van der Waals surface area (Å²) in [6, 6.07) is 0. The van der Waals surface area contributed by atoms with Crippen LogP contribution in [0.5, 0.6) is 0 Å². The van der Waals surface area contributed by atoms with Crippen LogP contribution in [0.25, 0.3) is 0 Å². The first-order valence-corrected chi connectivity index (χ1v) is 6.96. The standard InChI is InChI=1S/C12H21NO2S/c1-3-4-5-6-7-13-9-11(8-12(13)15)16-10(2)14/h11H,3-9H2,1-2H3. The van der Waals surface area contributed by atoms with E-state index in [1.807, 2.05) is 4.90 Å². The van der Waals surface area contributed by atoms with E-state index in [0.717, 1.165) is 19.5 Å². The maximum absolute atomic E-state index is 11.6. The van der Waals surface area contributed by atoms with Crippen LogP contribution in [0.3, 0.4) is 0 Å². The van der Waals surface area contributed by atoms with E-state index < -0.39 is 0 Å². The number of thioether (sulfide) groups is 1. The van der Waals surface area contributed by atoms with Crippen molar-refractivity contribution in [2.45, 2.75) is 51.2 Å². The van der Waals surface area contributed by atoms with Gasteiger partial charge in [0.1, 0.15) is 0 Å². The molecule has 1 aliphatic rings. The minimum Gasteiger partial charge on any atom is -0.342 e. The zero-order valence-electron chi connectivity index (χ0n) is 10.2. The van der Waals surface area contributed by atoms with Gasteiger partial charge in [-0.15, -0.1) is 0 Å². The Balaban J connectivity index is 2.23. The van der Waals surface area contributed by atoms with Gasteiger partial charge in [0, 0.05) is 31.7 Å². The average Bonchev–Trinajstić information content (AvgIpc) is 2.53. The van der Waals surface area contributed by atoms with Gasteiger partial charge in [0.15, 0.2) is 5.12 Å². The van der Waals surface area contributed by atoms with Crippen LogP contribution in [0, 0.1) is 0 Å². The highest BCUT2D eigenvalue weighted by molar-refractivity contribution is 8.14. The lowest BCUT2D eigenvalue weighted by atomic mass is 10.2. The summed E-state index contributed by atoms with van der Waals surface area (Å²) < 4.78 is 0. The Morgan fingerprint density at radius 1 is 1.44 bits per heavy atom. The third-order valence-corrected chi connectivity index (χ3v) is 3.77. The van der Waals surface area contributed by atoms with E-state index in [0.29, 0.717) is 6.42 Å². The molecule has 0 radical (unpaired) electrons. The van der Waals surface area contributed by atoms with Crippen molar-refractivity contribution in [2.24, 2.45) is 0 Å². The third kappa shape index (κ3) is 4.56. The lowest BCUT2D eigenvalue weighted by Crippen LogP contribution is -2.26. The molecule has 0 aliphatic carbocycles. The number of rotatable bonds is 6. The quantitative estimate of drug-likeness (QED) is 0.672. The number of carbonyl (C=O) groups is 2. The molecule has 0 N–H and O–H groups in total. The Morgan fingerprint density at radius 3 is 2.81 bits per heavy atom. The van der Waals surface area contributed by atoms with Gasteiger partial charge in [0.25, 0.3) is 0 Å². The van der Waals surface area contributed by atoms with Crippen molar-refractivity contribution in [3.63, 3.8) is 0 Å². The zero-order chi connectivity index (χ0) is 12.0. The SMILES string of the molecule is CCCCCCN1CC(SC(C)=O)CC1=O. The van der Waals surface area contributed by atoms with Gasteiger partial charge in [0.2, 0.25) is 5.91 Å².